The van der Waals surface area contributed by atoms with Crippen LogP contribution in [-0.4, -0.2) is 41.6 Å². The van der Waals surface area contributed by atoms with Crippen molar-refractivity contribution in [2.24, 2.45) is 0 Å². The number of aliphatic hydroxyl groups excluding tert-OH is 1. The molecule has 6 rings (SSSR count). The van der Waals surface area contributed by atoms with Gasteiger partial charge in [0.1, 0.15) is 17.6 Å². The van der Waals surface area contributed by atoms with Gasteiger partial charge in [-0.15, -0.1) is 0 Å². The third kappa shape index (κ3) is 4.35. The van der Waals surface area contributed by atoms with E-state index in [9.17, 15) is 14.7 Å². The predicted molar refractivity (Wildman–Crippen MR) is 154 cm³/mol. The molecule has 0 bridgehead atoms. The summed E-state index contributed by atoms with van der Waals surface area (Å²) >= 11 is 7.43. The Morgan fingerprint density at radius 1 is 1.15 bits per heavy atom. The number of nitrogens with zero attached hydrogens (tertiary/aromatic N) is 2. The second kappa shape index (κ2) is 10.1. The molecule has 10 heteroatoms. The molecule has 0 saturated carbocycles. The molecule has 3 aromatic carbocycles. The van der Waals surface area contributed by atoms with Crippen molar-refractivity contribution in [2.75, 3.05) is 18.6 Å². The summed E-state index contributed by atoms with van der Waals surface area (Å²) in [7, 11) is 1.52. The van der Waals surface area contributed by atoms with Crippen molar-refractivity contribution in [3.63, 3.8) is 0 Å². The number of hydrogen-bond acceptors (Lipinski definition) is 8. The number of ketones is 1. The van der Waals surface area contributed by atoms with Gasteiger partial charge in [-0.2, -0.15) is 0 Å². The summed E-state index contributed by atoms with van der Waals surface area (Å²) in [5.74, 6) is -0.172. The normalized spacial score (nSPS) is 19.6. The summed E-state index contributed by atoms with van der Waals surface area (Å²) in [5, 5.41) is 12.4. The summed E-state index contributed by atoms with van der Waals surface area (Å²) in [5.41, 5.74) is 2.50. The summed E-state index contributed by atoms with van der Waals surface area (Å²) in [6.45, 7) is 4.27. The number of ether oxygens (including phenoxy) is 3. The lowest BCUT2D eigenvalue weighted by atomic mass is 9.94. The van der Waals surface area contributed by atoms with Crippen molar-refractivity contribution in [2.45, 2.75) is 32.4 Å². The first-order valence-electron chi connectivity index (χ1n) is 12.8. The number of hydrogen-bond donors (Lipinski definition) is 1. The van der Waals surface area contributed by atoms with Gasteiger partial charge in [-0.1, -0.05) is 29.0 Å². The fraction of sp³-hybridized carbons (Fsp3) is 0.233. The predicted octanol–water partition coefficient (Wildman–Crippen LogP) is 6.31. The van der Waals surface area contributed by atoms with E-state index in [4.69, 9.17) is 25.8 Å². The summed E-state index contributed by atoms with van der Waals surface area (Å²) in [4.78, 5) is 33.2. The number of carbonyl (C=O) groups is 2. The summed E-state index contributed by atoms with van der Waals surface area (Å²) in [6.07, 6.45) is 0.695. The first-order chi connectivity index (χ1) is 19.3. The molecule has 4 aromatic rings. The van der Waals surface area contributed by atoms with Crippen LogP contribution in [0.1, 0.15) is 36.6 Å². The minimum atomic E-state index is -0.968. The van der Waals surface area contributed by atoms with Crippen LogP contribution in [-0.2, 0) is 16.0 Å². The standard InChI is InChI=1S/C30H25ClN2O6S/c1-4-38-22-10-5-16(13-23(22)37-3)26-25(27(34)17-6-9-21-18(12-17)11-15(2)39-21)28(35)29(36)33(26)30-32-20-8-7-19(31)14-24(20)40-30/h5-10,12-15,26,34H,4,11H2,1-3H3/b27-25+/t15-,26+/m1/s1. The molecular weight excluding hydrogens is 552 g/mol. The van der Waals surface area contributed by atoms with Gasteiger partial charge in [-0.3, -0.25) is 14.5 Å². The van der Waals surface area contributed by atoms with Crippen molar-refractivity contribution in [1.82, 2.24) is 4.98 Å². The van der Waals surface area contributed by atoms with Crippen molar-refractivity contribution in [3.8, 4) is 17.2 Å². The van der Waals surface area contributed by atoms with E-state index in [0.717, 1.165) is 16.0 Å². The topological polar surface area (TPSA) is 98.2 Å². The molecule has 1 fully saturated rings. The Morgan fingerprint density at radius 2 is 1.98 bits per heavy atom. The third-order valence-corrected chi connectivity index (χ3v) is 8.21. The van der Waals surface area contributed by atoms with E-state index in [2.05, 4.69) is 4.98 Å². The molecule has 1 N–H and O–H groups in total. The fourth-order valence-corrected chi connectivity index (χ4v) is 6.46. The Balaban J connectivity index is 1.55. The van der Waals surface area contributed by atoms with Crippen LogP contribution in [0.5, 0.6) is 17.2 Å². The van der Waals surface area contributed by atoms with E-state index in [1.807, 2.05) is 13.8 Å². The van der Waals surface area contributed by atoms with Crippen LogP contribution < -0.4 is 19.1 Å². The highest BCUT2D eigenvalue weighted by Gasteiger charge is 2.48. The molecule has 204 valence electrons. The molecule has 8 nitrogen and oxygen atoms in total. The summed E-state index contributed by atoms with van der Waals surface area (Å²) < 4.78 is 17.8. The second-order valence-corrected chi connectivity index (χ2v) is 11.0. The second-order valence-electron chi connectivity index (χ2n) is 9.58. The molecule has 40 heavy (non-hydrogen) atoms. The number of carbonyl (C=O) groups excluding carboxylic acids is 2. The van der Waals surface area contributed by atoms with Crippen LogP contribution in [0.3, 0.4) is 0 Å². The van der Waals surface area contributed by atoms with Crippen LogP contribution in [0.4, 0.5) is 5.13 Å². The first kappa shape index (κ1) is 26.2. The van der Waals surface area contributed by atoms with Crippen LogP contribution in [0.25, 0.3) is 16.0 Å². The smallest absolute Gasteiger partial charge is 0.301 e. The Bertz CT molecular complexity index is 1710. The maximum Gasteiger partial charge on any atom is 0.301 e. The maximum absolute atomic E-state index is 13.6. The maximum atomic E-state index is 13.6. The van der Waals surface area contributed by atoms with Gasteiger partial charge >= 0.3 is 5.91 Å². The van der Waals surface area contributed by atoms with Gasteiger partial charge in [-0.25, -0.2) is 4.98 Å². The van der Waals surface area contributed by atoms with Crippen molar-refractivity contribution in [3.05, 3.63) is 81.9 Å². The van der Waals surface area contributed by atoms with Gasteiger partial charge in [0.2, 0.25) is 0 Å². The monoisotopic (exact) mass is 576 g/mol. The zero-order valence-electron chi connectivity index (χ0n) is 21.9. The van der Waals surface area contributed by atoms with Crippen molar-refractivity contribution >= 4 is 55.7 Å². The molecule has 1 amide bonds. The number of rotatable bonds is 6. The number of halogens is 1. The highest BCUT2D eigenvalue weighted by atomic mass is 35.5. The minimum Gasteiger partial charge on any atom is -0.507 e. The van der Waals surface area contributed by atoms with Crippen LogP contribution in [0.2, 0.25) is 5.02 Å². The molecule has 0 unspecified atom stereocenters. The molecule has 1 aromatic heterocycles. The fourth-order valence-electron chi connectivity index (χ4n) is 5.19. The van der Waals surface area contributed by atoms with Gasteiger partial charge in [0.05, 0.1) is 35.5 Å². The highest BCUT2D eigenvalue weighted by Crippen LogP contribution is 2.46. The molecule has 2 aliphatic heterocycles. The van der Waals surface area contributed by atoms with Crippen LogP contribution in [0.15, 0.2) is 60.2 Å². The largest absolute Gasteiger partial charge is 0.507 e. The van der Waals surface area contributed by atoms with Gasteiger partial charge in [0, 0.05) is 17.0 Å². The zero-order valence-corrected chi connectivity index (χ0v) is 23.5. The third-order valence-electron chi connectivity index (χ3n) is 6.96. The number of aliphatic hydroxyl groups is 1. The number of anilines is 1. The van der Waals surface area contributed by atoms with Crippen molar-refractivity contribution in [1.29, 1.82) is 0 Å². The molecule has 2 atom stereocenters. The zero-order chi connectivity index (χ0) is 28.1. The van der Waals surface area contributed by atoms with Crippen LogP contribution in [0, 0.1) is 0 Å². The number of methoxy groups -OCH3 is 1. The molecule has 0 radical (unpaired) electrons. The Hall–Kier alpha value is -4.08. The molecule has 0 spiro atoms. The molecule has 2 aliphatic rings. The van der Waals surface area contributed by atoms with Crippen LogP contribution >= 0.6 is 22.9 Å². The Morgan fingerprint density at radius 3 is 2.75 bits per heavy atom. The average molecular weight is 577 g/mol. The van der Waals surface area contributed by atoms with Gasteiger partial charge in [0.25, 0.3) is 5.78 Å². The molecule has 1 saturated heterocycles. The lowest BCUT2D eigenvalue weighted by molar-refractivity contribution is -0.132. The lowest BCUT2D eigenvalue weighted by Crippen LogP contribution is -2.29. The Kier molecular flexibility index (Phi) is 6.64. The quantitative estimate of drug-likeness (QED) is 0.163. The van der Waals surface area contributed by atoms with E-state index in [-0.39, 0.29) is 17.4 Å². The van der Waals surface area contributed by atoms with E-state index < -0.39 is 17.7 Å². The summed E-state index contributed by atoms with van der Waals surface area (Å²) in [6, 6.07) is 14.7. The number of thiazole rings is 1. The molecular formula is C30H25ClN2O6S. The van der Waals surface area contributed by atoms with Gasteiger partial charge < -0.3 is 19.3 Å². The number of benzene rings is 3. The van der Waals surface area contributed by atoms with E-state index in [0.29, 0.717) is 51.3 Å². The highest BCUT2D eigenvalue weighted by molar-refractivity contribution is 7.22. The Labute approximate surface area is 239 Å². The molecule has 0 aliphatic carbocycles. The lowest BCUT2D eigenvalue weighted by Gasteiger charge is -2.24. The van der Waals surface area contributed by atoms with Gasteiger partial charge in [-0.05, 0) is 73.5 Å². The molecule has 3 heterocycles. The average Bonchev–Trinajstić information content (AvgIpc) is 3.60. The van der Waals surface area contributed by atoms with E-state index in [1.165, 1.54) is 23.3 Å². The van der Waals surface area contributed by atoms with Crippen molar-refractivity contribution < 1.29 is 28.9 Å². The number of Topliss-reactive ketones (excluding diaryl/α,β-unsaturated/α-hetero) is 1. The van der Waals surface area contributed by atoms with E-state index in [1.54, 1.807) is 54.6 Å². The van der Waals surface area contributed by atoms with E-state index >= 15 is 0 Å². The SMILES string of the molecule is CCOc1ccc([C@H]2/C(=C(\O)c3ccc4c(c3)C[C@@H](C)O4)C(=O)C(=O)N2c2nc3ccc(Cl)cc3s2)cc1OC. The van der Waals surface area contributed by atoms with Gasteiger partial charge in [0.15, 0.2) is 16.6 Å². The minimum absolute atomic E-state index is 0.0156. The number of fused-ring (bicyclic) bond motifs is 2. The first-order valence-corrected chi connectivity index (χ1v) is 14.0. The number of amides is 1. The number of aromatic nitrogens is 1.